The summed E-state index contributed by atoms with van der Waals surface area (Å²) in [6, 6.07) is 13.7. The van der Waals surface area contributed by atoms with Crippen molar-refractivity contribution < 1.29 is 8.42 Å². The number of hydrogen-bond donors (Lipinski definition) is 0. The molecule has 6 nitrogen and oxygen atoms in total. The Morgan fingerprint density at radius 3 is 2.46 bits per heavy atom. The molecule has 0 aliphatic heterocycles. The Balaban J connectivity index is 1.94. The van der Waals surface area contributed by atoms with Gasteiger partial charge < -0.3 is 0 Å². The molecule has 0 saturated heterocycles. The summed E-state index contributed by atoms with van der Waals surface area (Å²) in [5.74, 6) is 0. The topological polar surface area (TPSA) is 77.2 Å². The lowest BCUT2D eigenvalue weighted by atomic mass is 10.2. The number of benzene rings is 1. The molecule has 7 heteroatoms. The molecule has 4 aromatic rings. The first-order chi connectivity index (χ1) is 11.7. The standard InChI is InChI=1S/C17H12N4O2S/c22-24(23,14-6-2-1-3-7-14)16-12-20-21-15(8-10-19-17(16)21)13-5-4-9-18-11-13/h1-12H. The van der Waals surface area contributed by atoms with Crippen LogP contribution in [0, 0.1) is 0 Å². The van der Waals surface area contributed by atoms with E-state index in [2.05, 4.69) is 15.1 Å². The van der Waals surface area contributed by atoms with Crippen molar-refractivity contribution in [2.45, 2.75) is 9.79 Å². The number of aromatic nitrogens is 4. The molecule has 0 atom stereocenters. The van der Waals surface area contributed by atoms with E-state index in [0.717, 1.165) is 11.3 Å². The van der Waals surface area contributed by atoms with Crippen LogP contribution in [0.3, 0.4) is 0 Å². The molecule has 118 valence electrons. The maximum Gasteiger partial charge on any atom is 0.211 e. The molecule has 0 bridgehead atoms. The minimum atomic E-state index is -3.68. The Bertz CT molecular complexity index is 1110. The van der Waals surface area contributed by atoms with Gasteiger partial charge in [0.05, 0.1) is 16.8 Å². The van der Waals surface area contributed by atoms with Gasteiger partial charge in [-0.2, -0.15) is 5.10 Å². The van der Waals surface area contributed by atoms with Crippen molar-refractivity contribution in [2.24, 2.45) is 0 Å². The van der Waals surface area contributed by atoms with Gasteiger partial charge >= 0.3 is 0 Å². The molecule has 1 aromatic carbocycles. The first-order valence-electron chi connectivity index (χ1n) is 7.21. The molecule has 0 unspecified atom stereocenters. The van der Waals surface area contributed by atoms with Crippen LogP contribution >= 0.6 is 0 Å². The van der Waals surface area contributed by atoms with Crippen LogP contribution in [0.25, 0.3) is 16.9 Å². The van der Waals surface area contributed by atoms with Crippen molar-refractivity contribution in [3.8, 4) is 11.3 Å². The first-order valence-corrected chi connectivity index (χ1v) is 8.69. The molecular weight excluding hydrogens is 324 g/mol. The van der Waals surface area contributed by atoms with Crippen molar-refractivity contribution in [1.82, 2.24) is 19.6 Å². The third kappa shape index (κ3) is 2.26. The molecule has 3 aromatic heterocycles. The Hall–Kier alpha value is -3.06. The molecular formula is C17H12N4O2S. The first kappa shape index (κ1) is 14.5. The predicted molar refractivity (Wildman–Crippen MR) is 88.1 cm³/mol. The predicted octanol–water partition coefficient (Wildman–Crippen LogP) is 2.62. The Labute approximate surface area is 138 Å². The minimum Gasteiger partial charge on any atom is -0.264 e. The highest BCUT2D eigenvalue weighted by molar-refractivity contribution is 7.91. The van der Waals surface area contributed by atoms with Gasteiger partial charge in [0.25, 0.3) is 0 Å². The number of nitrogens with zero attached hydrogens (tertiary/aromatic N) is 4. The highest BCUT2D eigenvalue weighted by atomic mass is 32.2. The monoisotopic (exact) mass is 336 g/mol. The van der Waals surface area contributed by atoms with Crippen LogP contribution < -0.4 is 0 Å². The highest BCUT2D eigenvalue weighted by Crippen LogP contribution is 2.26. The van der Waals surface area contributed by atoms with Gasteiger partial charge in [0.15, 0.2) is 5.65 Å². The Kier molecular flexibility index (Phi) is 3.35. The minimum absolute atomic E-state index is 0.0828. The molecule has 4 rings (SSSR count). The highest BCUT2D eigenvalue weighted by Gasteiger charge is 2.24. The fraction of sp³-hybridized carbons (Fsp3) is 0. The Morgan fingerprint density at radius 1 is 0.875 bits per heavy atom. The second kappa shape index (κ2) is 5.54. The number of sulfone groups is 1. The molecule has 0 aliphatic rings. The number of fused-ring (bicyclic) bond motifs is 1. The second-order valence-corrected chi connectivity index (χ2v) is 7.05. The summed E-state index contributed by atoms with van der Waals surface area (Å²) in [6.07, 6.45) is 6.28. The fourth-order valence-corrected chi connectivity index (χ4v) is 3.85. The lowest BCUT2D eigenvalue weighted by Crippen LogP contribution is -2.03. The van der Waals surface area contributed by atoms with E-state index >= 15 is 0 Å². The summed E-state index contributed by atoms with van der Waals surface area (Å²) in [6.45, 7) is 0. The van der Waals surface area contributed by atoms with Gasteiger partial charge in [0.2, 0.25) is 9.84 Å². The molecule has 0 saturated carbocycles. The number of pyridine rings is 1. The summed E-state index contributed by atoms with van der Waals surface area (Å²) in [5.41, 5.74) is 1.85. The SMILES string of the molecule is O=S(=O)(c1ccccc1)c1cnn2c(-c3cccnc3)ccnc12. The third-order valence-corrected chi connectivity index (χ3v) is 5.43. The molecule has 0 amide bonds. The summed E-state index contributed by atoms with van der Waals surface area (Å²) in [4.78, 5) is 8.61. The fourth-order valence-electron chi connectivity index (χ4n) is 2.52. The molecule has 0 N–H and O–H groups in total. The molecule has 0 spiro atoms. The zero-order valence-corrected chi connectivity index (χ0v) is 13.3. The zero-order valence-electron chi connectivity index (χ0n) is 12.4. The van der Waals surface area contributed by atoms with Crippen molar-refractivity contribution in [3.05, 3.63) is 73.3 Å². The quantitative estimate of drug-likeness (QED) is 0.575. The lowest BCUT2D eigenvalue weighted by molar-refractivity contribution is 0.597. The summed E-state index contributed by atoms with van der Waals surface area (Å²) in [7, 11) is -3.68. The van der Waals surface area contributed by atoms with Gasteiger partial charge in [-0.15, -0.1) is 0 Å². The normalized spacial score (nSPS) is 11.7. The van der Waals surface area contributed by atoms with E-state index in [0.29, 0.717) is 5.65 Å². The van der Waals surface area contributed by atoms with Crippen LogP contribution in [0.4, 0.5) is 0 Å². The summed E-state index contributed by atoms with van der Waals surface area (Å²) < 4.78 is 27.2. The van der Waals surface area contributed by atoms with Gasteiger partial charge in [-0.05, 0) is 30.3 Å². The van der Waals surface area contributed by atoms with Crippen molar-refractivity contribution in [1.29, 1.82) is 0 Å². The van der Waals surface area contributed by atoms with Crippen LogP contribution in [-0.2, 0) is 9.84 Å². The van der Waals surface area contributed by atoms with E-state index in [-0.39, 0.29) is 9.79 Å². The molecule has 24 heavy (non-hydrogen) atoms. The Morgan fingerprint density at radius 2 is 1.71 bits per heavy atom. The maximum atomic E-state index is 12.9. The molecule has 0 fully saturated rings. The van der Waals surface area contributed by atoms with Gasteiger partial charge in [0, 0.05) is 24.2 Å². The van der Waals surface area contributed by atoms with Gasteiger partial charge in [-0.25, -0.2) is 17.9 Å². The average molecular weight is 336 g/mol. The smallest absolute Gasteiger partial charge is 0.211 e. The number of rotatable bonds is 3. The molecule has 3 heterocycles. The molecule has 0 aliphatic carbocycles. The van der Waals surface area contributed by atoms with Gasteiger partial charge in [-0.3, -0.25) is 4.98 Å². The van der Waals surface area contributed by atoms with E-state index in [1.54, 1.807) is 55.0 Å². The maximum absolute atomic E-state index is 12.9. The molecule has 0 radical (unpaired) electrons. The van der Waals surface area contributed by atoms with E-state index < -0.39 is 9.84 Å². The van der Waals surface area contributed by atoms with Crippen LogP contribution in [0.15, 0.2) is 83.1 Å². The van der Waals surface area contributed by atoms with Crippen LogP contribution in [0.5, 0.6) is 0 Å². The third-order valence-electron chi connectivity index (χ3n) is 3.67. The number of hydrogen-bond acceptors (Lipinski definition) is 5. The summed E-state index contributed by atoms with van der Waals surface area (Å²) >= 11 is 0. The van der Waals surface area contributed by atoms with Crippen molar-refractivity contribution >= 4 is 15.5 Å². The van der Waals surface area contributed by atoms with Crippen molar-refractivity contribution in [3.63, 3.8) is 0 Å². The van der Waals surface area contributed by atoms with Crippen LogP contribution in [-0.4, -0.2) is 28.0 Å². The van der Waals surface area contributed by atoms with E-state index in [4.69, 9.17) is 0 Å². The van der Waals surface area contributed by atoms with Crippen LogP contribution in [0.2, 0.25) is 0 Å². The zero-order chi connectivity index (χ0) is 16.6. The van der Waals surface area contributed by atoms with Gasteiger partial charge in [-0.1, -0.05) is 18.2 Å². The van der Waals surface area contributed by atoms with Gasteiger partial charge in [0.1, 0.15) is 4.90 Å². The summed E-state index contributed by atoms with van der Waals surface area (Å²) in [5, 5.41) is 4.23. The van der Waals surface area contributed by atoms with E-state index in [9.17, 15) is 8.42 Å². The van der Waals surface area contributed by atoms with E-state index in [1.165, 1.54) is 10.7 Å². The average Bonchev–Trinajstić information content (AvgIpc) is 3.08. The van der Waals surface area contributed by atoms with Crippen LogP contribution in [0.1, 0.15) is 0 Å². The largest absolute Gasteiger partial charge is 0.264 e. The lowest BCUT2D eigenvalue weighted by Gasteiger charge is -2.05. The second-order valence-electron chi connectivity index (χ2n) is 5.13. The van der Waals surface area contributed by atoms with Crippen molar-refractivity contribution in [2.75, 3.05) is 0 Å². The van der Waals surface area contributed by atoms with E-state index in [1.807, 2.05) is 12.1 Å².